The minimum atomic E-state index is -0.794. The molecule has 0 bridgehead atoms. The summed E-state index contributed by atoms with van der Waals surface area (Å²) in [7, 11) is 1.31. The van der Waals surface area contributed by atoms with Gasteiger partial charge in [0, 0.05) is 16.5 Å². The molecule has 0 radical (unpaired) electrons. The molecular formula is C24H22BrNO4. The summed E-state index contributed by atoms with van der Waals surface area (Å²) >= 11 is 3.34. The van der Waals surface area contributed by atoms with E-state index in [2.05, 4.69) is 21.2 Å². The van der Waals surface area contributed by atoms with E-state index in [1.54, 1.807) is 18.2 Å². The largest absolute Gasteiger partial charge is 0.489 e. The van der Waals surface area contributed by atoms with Gasteiger partial charge in [-0.25, -0.2) is 4.79 Å². The van der Waals surface area contributed by atoms with E-state index in [1.165, 1.54) is 7.11 Å². The highest BCUT2D eigenvalue weighted by Crippen LogP contribution is 2.16. The lowest BCUT2D eigenvalue weighted by Crippen LogP contribution is -2.43. The third-order valence-electron chi connectivity index (χ3n) is 4.49. The Morgan fingerprint density at radius 1 is 0.933 bits per heavy atom. The molecule has 0 saturated heterocycles. The molecule has 3 aromatic carbocycles. The molecule has 0 spiro atoms. The summed E-state index contributed by atoms with van der Waals surface area (Å²) in [6, 6.07) is 23.5. The highest BCUT2D eigenvalue weighted by atomic mass is 79.9. The van der Waals surface area contributed by atoms with Gasteiger partial charge in [-0.15, -0.1) is 0 Å². The number of nitrogens with one attached hydrogen (secondary N) is 1. The maximum absolute atomic E-state index is 12.5. The summed E-state index contributed by atoms with van der Waals surface area (Å²) in [6.07, 6.45) is 0.311. The fourth-order valence-corrected chi connectivity index (χ4v) is 3.30. The van der Waals surface area contributed by atoms with Gasteiger partial charge in [-0.1, -0.05) is 64.5 Å². The number of carbonyl (C=O) groups is 2. The first kappa shape index (κ1) is 21.6. The van der Waals surface area contributed by atoms with E-state index >= 15 is 0 Å². The zero-order valence-electron chi connectivity index (χ0n) is 16.5. The van der Waals surface area contributed by atoms with Crippen molar-refractivity contribution in [2.24, 2.45) is 0 Å². The minimum Gasteiger partial charge on any atom is -0.489 e. The van der Waals surface area contributed by atoms with Crippen molar-refractivity contribution in [1.29, 1.82) is 0 Å². The zero-order valence-corrected chi connectivity index (χ0v) is 18.1. The fraction of sp³-hybridized carbons (Fsp3) is 0.167. The number of amides is 1. The lowest BCUT2D eigenvalue weighted by molar-refractivity contribution is -0.142. The van der Waals surface area contributed by atoms with Crippen LogP contribution in [0.4, 0.5) is 0 Å². The summed E-state index contributed by atoms with van der Waals surface area (Å²) in [6.45, 7) is 0.480. The first-order chi connectivity index (χ1) is 14.5. The summed E-state index contributed by atoms with van der Waals surface area (Å²) in [5.41, 5.74) is 2.43. The number of rotatable bonds is 8. The molecule has 0 aliphatic carbocycles. The van der Waals surface area contributed by atoms with Crippen LogP contribution in [0.15, 0.2) is 83.3 Å². The van der Waals surface area contributed by atoms with Gasteiger partial charge in [-0.2, -0.15) is 0 Å². The van der Waals surface area contributed by atoms with Crippen molar-refractivity contribution in [3.63, 3.8) is 0 Å². The van der Waals surface area contributed by atoms with Gasteiger partial charge in [0.15, 0.2) is 0 Å². The van der Waals surface area contributed by atoms with Crippen LogP contribution >= 0.6 is 15.9 Å². The quantitative estimate of drug-likeness (QED) is 0.493. The molecule has 0 heterocycles. The molecule has 154 valence electrons. The third kappa shape index (κ3) is 6.19. The summed E-state index contributed by atoms with van der Waals surface area (Å²) in [5, 5.41) is 2.76. The van der Waals surface area contributed by atoms with Crippen molar-refractivity contribution in [1.82, 2.24) is 5.32 Å². The zero-order chi connectivity index (χ0) is 21.3. The Labute approximate surface area is 184 Å². The van der Waals surface area contributed by atoms with Crippen LogP contribution in [-0.4, -0.2) is 25.0 Å². The van der Waals surface area contributed by atoms with Crippen LogP contribution in [0.2, 0.25) is 0 Å². The molecule has 0 aliphatic rings. The van der Waals surface area contributed by atoms with Crippen molar-refractivity contribution < 1.29 is 19.1 Å². The van der Waals surface area contributed by atoms with E-state index in [0.29, 0.717) is 18.6 Å². The van der Waals surface area contributed by atoms with Gasteiger partial charge in [0.2, 0.25) is 0 Å². The molecule has 1 atom stereocenters. The van der Waals surface area contributed by atoms with Gasteiger partial charge in [-0.3, -0.25) is 4.79 Å². The van der Waals surface area contributed by atoms with E-state index in [0.717, 1.165) is 21.3 Å². The highest BCUT2D eigenvalue weighted by molar-refractivity contribution is 9.10. The topological polar surface area (TPSA) is 64.6 Å². The van der Waals surface area contributed by atoms with Gasteiger partial charge >= 0.3 is 5.97 Å². The predicted molar refractivity (Wildman–Crippen MR) is 118 cm³/mol. The van der Waals surface area contributed by atoms with Gasteiger partial charge < -0.3 is 14.8 Å². The van der Waals surface area contributed by atoms with Gasteiger partial charge in [0.05, 0.1) is 7.11 Å². The van der Waals surface area contributed by atoms with Crippen molar-refractivity contribution in [3.05, 3.63) is 100 Å². The molecule has 0 aliphatic heterocycles. The molecule has 0 saturated carbocycles. The molecule has 0 fully saturated rings. The molecule has 3 aromatic rings. The molecule has 30 heavy (non-hydrogen) atoms. The fourth-order valence-electron chi connectivity index (χ4n) is 2.91. The monoisotopic (exact) mass is 467 g/mol. The van der Waals surface area contributed by atoms with Gasteiger partial charge in [-0.05, 0) is 41.5 Å². The Morgan fingerprint density at radius 3 is 2.33 bits per heavy atom. The van der Waals surface area contributed by atoms with E-state index in [4.69, 9.17) is 9.47 Å². The average Bonchev–Trinajstić information content (AvgIpc) is 2.78. The van der Waals surface area contributed by atoms with Gasteiger partial charge in [0.1, 0.15) is 18.4 Å². The van der Waals surface area contributed by atoms with E-state index < -0.39 is 12.0 Å². The highest BCUT2D eigenvalue weighted by Gasteiger charge is 2.22. The maximum Gasteiger partial charge on any atom is 0.328 e. The predicted octanol–water partition coefficient (Wildman–Crippen LogP) is 4.54. The first-order valence-electron chi connectivity index (χ1n) is 9.45. The normalized spacial score (nSPS) is 11.4. The summed E-state index contributed by atoms with van der Waals surface area (Å²) in [5.74, 6) is -0.104. The van der Waals surface area contributed by atoms with Crippen molar-refractivity contribution in [2.45, 2.75) is 19.1 Å². The number of carbonyl (C=O) groups excluding carboxylic acids is 2. The number of halogens is 1. The number of methoxy groups -OCH3 is 1. The Morgan fingerprint density at radius 2 is 1.67 bits per heavy atom. The lowest BCUT2D eigenvalue weighted by atomic mass is 10.0. The van der Waals surface area contributed by atoms with Crippen LogP contribution in [-0.2, 0) is 22.6 Å². The second-order valence-corrected chi connectivity index (χ2v) is 7.60. The number of hydrogen-bond acceptors (Lipinski definition) is 4. The number of hydrogen-bond donors (Lipinski definition) is 1. The second-order valence-electron chi connectivity index (χ2n) is 6.68. The van der Waals surface area contributed by atoms with Crippen LogP contribution in [0, 0.1) is 0 Å². The van der Waals surface area contributed by atoms with Gasteiger partial charge in [0.25, 0.3) is 5.91 Å². The number of esters is 1. The van der Waals surface area contributed by atoms with Crippen LogP contribution < -0.4 is 10.1 Å². The number of benzene rings is 3. The minimum absolute atomic E-state index is 0.311. The first-order valence-corrected chi connectivity index (χ1v) is 10.2. The van der Waals surface area contributed by atoms with Crippen LogP contribution in [0.3, 0.4) is 0 Å². The smallest absolute Gasteiger partial charge is 0.328 e. The van der Waals surface area contributed by atoms with Crippen LogP contribution in [0.25, 0.3) is 0 Å². The Kier molecular flexibility index (Phi) is 7.63. The van der Waals surface area contributed by atoms with E-state index in [9.17, 15) is 9.59 Å². The van der Waals surface area contributed by atoms with Crippen LogP contribution in [0.1, 0.15) is 21.5 Å². The van der Waals surface area contributed by atoms with Crippen molar-refractivity contribution in [2.75, 3.05) is 7.11 Å². The molecule has 0 unspecified atom stereocenters. The molecule has 3 rings (SSSR count). The Bertz CT molecular complexity index is 990. The molecular weight excluding hydrogens is 446 g/mol. The second kappa shape index (κ2) is 10.6. The summed E-state index contributed by atoms with van der Waals surface area (Å²) < 4.78 is 11.4. The molecule has 1 amide bonds. The standard InChI is InChI=1S/C24H22BrNO4/c1-29-24(28)22(26-23(27)19-8-5-9-20(25)15-19)14-17-10-12-21(13-11-17)30-16-18-6-3-2-4-7-18/h2-13,15,22H,14,16H2,1H3,(H,26,27)/t22-/m0/s1. The molecule has 0 aromatic heterocycles. The van der Waals surface area contributed by atoms with Crippen LogP contribution in [0.5, 0.6) is 5.75 Å². The molecule has 5 nitrogen and oxygen atoms in total. The third-order valence-corrected chi connectivity index (χ3v) is 4.98. The van der Waals surface area contributed by atoms with E-state index in [1.807, 2.05) is 60.7 Å². The number of ether oxygens (including phenoxy) is 2. The lowest BCUT2D eigenvalue weighted by Gasteiger charge is -2.17. The van der Waals surface area contributed by atoms with E-state index in [-0.39, 0.29) is 5.91 Å². The van der Waals surface area contributed by atoms with Crippen molar-refractivity contribution in [3.8, 4) is 5.75 Å². The SMILES string of the molecule is COC(=O)[C@H](Cc1ccc(OCc2ccccc2)cc1)NC(=O)c1cccc(Br)c1. The van der Waals surface area contributed by atoms with Crippen molar-refractivity contribution >= 4 is 27.8 Å². The molecule has 1 N–H and O–H groups in total. The summed E-state index contributed by atoms with van der Waals surface area (Å²) in [4.78, 5) is 24.7. The Balaban J connectivity index is 1.63. The average molecular weight is 468 g/mol. The Hall–Kier alpha value is -3.12. The molecule has 6 heteroatoms. The maximum atomic E-state index is 12.5.